The van der Waals surface area contributed by atoms with Crippen molar-refractivity contribution < 1.29 is 18.3 Å². The number of ketones is 1. The Balaban J connectivity index is 1.42. The van der Waals surface area contributed by atoms with E-state index >= 15 is 0 Å². The average Bonchev–Trinajstić information content (AvgIpc) is 2.76. The summed E-state index contributed by atoms with van der Waals surface area (Å²) in [5.41, 5.74) is 0.843. The van der Waals surface area contributed by atoms with Crippen LogP contribution in [0.25, 0.3) is 0 Å². The second kappa shape index (κ2) is 8.44. The number of anilines is 2. The van der Waals surface area contributed by atoms with Gasteiger partial charge in [-0.3, -0.25) is 4.79 Å². The molecule has 6 nitrogen and oxygen atoms in total. The summed E-state index contributed by atoms with van der Waals surface area (Å²) in [6.45, 7) is 3.80. The van der Waals surface area contributed by atoms with Crippen LogP contribution in [0, 0.1) is 11.6 Å². The fourth-order valence-corrected chi connectivity index (χ4v) is 3.29. The lowest BCUT2D eigenvalue weighted by Crippen LogP contribution is -2.47. The van der Waals surface area contributed by atoms with Crippen LogP contribution >= 0.6 is 0 Å². The largest absolute Gasteiger partial charge is 0.439 e. The minimum Gasteiger partial charge on any atom is -0.439 e. The van der Waals surface area contributed by atoms with E-state index in [1.165, 1.54) is 37.3 Å². The predicted molar refractivity (Wildman–Crippen MR) is 109 cm³/mol. The molecular formula is C22H20F2N4O2. The van der Waals surface area contributed by atoms with Gasteiger partial charge in [-0.15, -0.1) is 0 Å². The molecule has 0 radical (unpaired) electrons. The van der Waals surface area contributed by atoms with E-state index in [4.69, 9.17) is 4.74 Å². The van der Waals surface area contributed by atoms with Gasteiger partial charge in [0, 0.05) is 44.0 Å². The number of halogens is 2. The normalized spacial score (nSPS) is 14.0. The number of benzene rings is 2. The fraction of sp³-hybridized carbons (Fsp3) is 0.227. The van der Waals surface area contributed by atoms with E-state index in [0.29, 0.717) is 55.0 Å². The molecule has 4 rings (SSSR count). The second-order valence-electron chi connectivity index (χ2n) is 6.95. The minimum atomic E-state index is -0.401. The fourth-order valence-electron chi connectivity index (χ4n) is 3.29. The highest BCUT2D eigenvalue weighted by atomic mass is 19.1. The summed E-state index contributed by atoms with van der Waals surface area (Å²) in [4.78, 5) is 24.1. The first-order chi connectivity index (χ1) is 14.5. The van der Waals surface area contributed by atoms with Crippen molar-refractivity contribution in [1.82, 2.24) is 9.97 Å². The molecule has 1 aromatic heterocycles. The van der Waals surface area contributed by atoms with Gasteiger partial charge in [-0.25, -0.2) is 13.8 Å². The number of piperazine rings is 1. The lowest BCUT2D eigenvalue weighted by molar-refractivity contribution is 0.101. The van der Waals surface area contributed by atoms with Gasteiger partial charge in [-0.05, 0) is 49.4 Å². The molecular weight excluding hydrogens is 390 g/mol. The topological polar surface area (TPSA) is 58.6 Å². The molecule has 1 aliphatic rings. The van der Waals surface area contributed by atoms with Gasteiger partial charge >= 0.3 is 0 Å². The molecule has 0 N–H and O–H groups in total. The molecule has 0 spiro atoms. The maximum Gasteiger partial charge on any atom is 0.228 e. The van der Waals surface area contributed by atoms with E-state index in [1.807, 2.05) is 9.80 Å². The van der Waals surface area contributed by atoms with E-state index in [9.17, 15) is 13.6 Å². The zero-order chi connectivity index (χ0) is 21.1. The number of aromatic nitrogens is 2. The van der Waals surface area contributed by atoms with E-state index in [0.717, 1.165) is 0 Å². The van der Waals surface area contributed by atoms with E-state index in [1.54, 1.807) is 24.4 Å². The first-order valence-electron chi connectivity index (χ1n) is 9.56. The zero-order valence-electron chi connectivity index (χ0n) is 16.4. The Morgan fingerprint density at radius 2 is 1.67 bits per heavy atom. The molecule has 0 unspecified atom stereocenters. The second-order valence-corrected chi connectivity index (χ2v) is 6.95. The molecule has 8 heteroatoms. The van der Waals surface area contributed by atoms with Crippen LogP contribution in [-0.4, -0.2) is 41.9 Å². The van der Waals surface area contributed by atoms with Crippen LogP contribution in [0.5, 0.6) is 11.6 Å². The third-order valence-corrected chi connectivity index (χ3v) is 4.91. The van der Waals surface area contributed by atoms with E-state index < -0.39 is 5.82 Å². The summed E-state index contributed by atoms with van der Waals surface area (Å²) in [5.74, 6) is 0.458. The lowest BCUT2D eigenvalue weighted by atomic mass is 10.1. The highest BCUT2D eigenvalue weighted by Gasteiger charge is 2.22. The Morgan fingerprint density at radius 3 is 2.33 bits per heavy atom. The summed E-state index contributed by atoms with van der Waals surface area (Å²) in [6, 6.07) is 11.9. The third-order valence-electron chi connectivity index (χ3n) is 4.91. The van der Waals surface area contributed by atoms with Gasteiger partial charge in [0.15, 0.2) is 5.78 Å². The van der Waals surface area contributed by atoms with Crippen LogP contribution in [0.15, 0.2) is 54.7 Å². The molecule has 1 aliphatic heterocycles. The third kappa shape index (κ3) is 4.37. The average molecular weight is 410 g/mol. The Hall–Kier alpha value is -3.55. The summed E-state index contributed by atoms with van der Waals surface area (Å²) < 4.78 is 33.1. The number of nitrogens with zero attached hydrogens (tertiary/aromatic N) is 4. The molecule has 0 amide bonds. The van der Waals surface area contributed by atoms with Gasteiger partial charge in [0.1, 0.15) is 17.4 Å². The zero-order valence-corrected chi connectivity index (χ0v) is 16.4. The van der Waals surface area contributed by atoms with Crippen LogP contribution in [0.4, 0.5) is 20.4 Å². The summed E-state index contributed by atoms with van der Waals surface area (Å²) in [7, 11) is 0. The quantitative estimate of drug-likeness (QED) is 0.591. The molecule has 0 atom stereocenters. The number of hydrogen-bond acceptors (Lipinski definition) is 6. The molecule has 0 saturated carbocycles. The van der Waals surface area contributed by atoms with Crippen molar-refractivity contribution in [2.75, 3.05) is 36.0 Å². The number of carbonyl (C=O) groups is 1. The lowest BCUT2D eigenvalue weighted by Gasteiger charge is -2.36. The molecule has 1 saturated heterocycles. The van der Waals surface area contributed by atoms with Crippen molar-refractivity contribution in [3.63, 3.8) is 0 Å². The van der Waals surface area contributed by atoms with Crippen LogP contribution in [-0.2, 0) is 0 Å². The number of Topliss-reactive ketones (excluding diaryl/α,β-unsaturated/α-hetero) is 1. The van der Waals surface area contributed by atoms with Crippen molar-refractivity contribution >= 4 is 17.4 Å². The first kappa shape index (κ1) is 19.8. The Kier molecular flexibility index (Phi) is 5.56. The molecule has 3 aromatic rings. The van der Waals surface area contributed by atoms with Crippen LogP contribution < -0.4 is 14.5 Å². The smallest absolute Gasteiger partial charge is 0.228 e. The van der Waals surface area contributed by atoms with Gasteiger partial charge in [0.05, 0.1) is 5.69 Å². The standard InChI is InChI=1S/C22H20F2N4O2/c1-15(29)16-2-7-20(19(24)14-16)27-10-12-28(13-11-27)22-25-9-8-21(26-22)30-18-5-3-17(23)4-6-18/h2-9,14H,10-13H2,1H3. The minimum absolute atomic E-state index is 0.162. The van der Waals surface area contributed by atoms with Crippen LogP contribution in [0.3, 0.4) is 0 Å². The van der Waals surface area contributed by atoms with Crippen LogP contribution in [0.2, 0.25) is 0 Å². The highest BCUT2D eigenvalue weighted by Crippen LogP contribution is 2.25. The van der Waals surface area contributed by atoms with Gasteiger partial charge in [0.2, 0.25) is 11.8 Å². The molecule has 2 aromatic carbocycles. The van der Waals surface area contributed by atoms with Crippen LogP contribution in [0.1, 0.15) is 17.3 Å². The number of ether oxygens (including phenoxy) is 1. The molecule has 154 valence electrons. The van der Waals surface area contributed by atoms with Gasteiger partial charge in [0.25, 0.3) is 0 Å². The monoisotopic (exact) mass is 410 g/mol. The maximum absolute atomic E-state index is 14.4. The summed E-state index contributed by atoms with van der Waals surface area (Å²) in [5, 5.41) is 0. The van der Waals surface area contributed by atoms with Crippen molar-refractivity contribution in [2.45, 2.75) is 6.92 Å². The van der Waals surface area contributed by atoms with Crippen molar-refractivity contribution in [1.29, 1.82) is 0 Å². The number of carbonyl (C=O) groups excluding carboxylic acids is 1. The Bertz CT molecular complexity index is 1050. The highest BCUT2D eigenvalue weighted by molar-refractivity contribution is 5.94. The molecule has 0 bridgehead atoms. The molecule has 2 heterocycles. The summed E-state index contributed by atoms with van der Waals surface area (Å²) >= 11 is 0. The first-order valence-corrected chi connectivity index (χ1v) is 9.56. The van der Waals surface area contributed by atoms with Crippen molar-refractivity contribution in [2.24, 2.45) is 0 Å². The Labute approximate surface area is 172 Å². The number of hydrogen-bond donors (Lipinski definition) is 0. The molecule has 1 fully saturated rings. The Morgan fingerprint density at radius 1 is 0.967 bits per heavy atom. The van der Waals surface area contributed by atoms with E-state index in [2.05, 4.69) is 9.97 Å². The van der Waals surface area contributed by atoms with Crippen molar-refractivity contribution in [3.8, 4) is 11.6 Å². The van der Waals surface area contributed by atoms with Gasteiger partial charge in [-0.2, -0.15) is 4.98 Å². The number of rotatable bonds is 5. The molecule has 30 heavy (non-hydrogen) atoms. The van der Waals surface area contributed by atoms with Gasteiger partial charge < -0.3 is 14.5 Å². The predicted octanol–water partition coefficient (Wildman–Crippen LogP) is 4.08. The van der Waals surface area contributed by atoms with Crippen molar-refractivity contribution in [3.05, 3.63) is 71.9 Å². The SMILES string of the molecule is CC(=O)c1ccc(N2CCN(c3nccc(Oc4ccc(F)cc4)n3)CC2)c(F)c1. The van der Waals surface area contributed by atoms with Gasteiger partial charge in [-0.1, -0.05) is 0 Å². The summed E-state index contributed by atoms with van der Waals surface area (Å²) in [6.07, 6.45) is 1.60. The van der Waals surface area contributed by atoms with E-state index in [-0.39, 0.29) is 11.6 Å². The molecule has 0 aliphatic carbocycles. The maximum atomic E-state index is 14.4.